The number of likely N-dealkylation sites (tertiary alicyclic amines) is 2. The molecule has 0 saturated carbocycles. The first kappa shape index (κ1) is 17.5. The smallest absolute Gasteiger partial charge is 0.279 e. The molecule has 0 spiro atoms. The maximum absolute atomic E-state index is 13.2. The van der Waals surface area contributed by atoms with E-state index in [2.05, 4.69) is 4.90 Å². The number of carbonyl (C=O) groups is 1. The summed E-state index contributed by atoms with van der Waals surface area (Å²) in [6, 6.07) is 3.75. The van der Waals surface area contributed by atoms with Crippen molar-refractivity contribution in [2.75, 3.05) is 26.2 Å². The summed E-state index contributed by atoms with van der Waals surface area (Å²) in [5.41, 5.74) is -0.106. The van der Waals surface area contributed by atoms with Crippen molar-refractivity contribution in [2.45, 2.75) is 31.7 Å². The molecule has 0 radical (unpaired) electrons. The molecule has 2 heterocycles. The van der Waals surface area contributed by atoms with Gasteiger partial charge in [-0.15, -0.1) is 0 Å². The van der Waals surface area contributed by atoms with Gasteiger partial charge in [0.15, 0.2) is 0 Å². The first-order valence-corrected chi connectivity index (χ1v) is 8.69. The van der Waals surface area contributed by atoms with Crippen LogP contribution in [-0.4, -0.2) is 52.9 Å². The molecular formula is C18H22FN3O3. The van der Waals surface area contributed by atoms with Crippen LogP contribution in [0.3, 0.4) is 0 Å². The van der Waals surface area contributed by atoms with Gasteiger partial charge in [0.1, 0.15) is 5.82 Å². The first-order valence-electron chi connectivity index (χ1n) is 8.69. The highest BCUT2D eigenvalue weighted by Crippen LogP contribution is 2.23. The minimum absolute atomic E-state index is 0.150. The number of carbonyl (C=O) groups excluding carboxylic acids is 1. The van der Waals surface area contributed by atoms with Crippen molar-refractivity contribution in [2.24, 2.45) is 0 Å². The number of nitrogens with zero attached hydrogens (tertiary/aromatic N) is 3. The molecule has 134 valence electrons. The molecule has 1 aromatic carbocycles. The normalized spacial score (nSPS) is 21.8. The van der Waals surface area contributed by atoms with Gasteiger partial charge in [-0.2, -0.15) is 0 Å². The summed E-state index contributed by atoms with van der Waals surface area (Å²) >= 11 is 0. The number of piperidine rings is 1. The predicted molar refractivity (Wildman–Crippen MR) is 92.5 cm³/mol. The van der Waals surface area contributed by atoms with Crippen LogP contribution in [0.4, 0.5) is 10.1 Å². The molecule has 1 unspecified atom stereocenters. The molecule has 0 N–H and O–H groups in total. The fraction of sp³-hybridized carbons (Fsp3) is 0.500. The van der Waals surface area contributed by atoms with Gasteiger partial charge in [0, 0.05) is 25.2 Å². The molecule has 0 bridgehead atoms. The average molecular weight is 347 g/mol. The summed E-state index contributed by atoms with van der Waals surface area (Å²) < 4.78 is 13.2. The average Bonchev–Trinajstić information content (AvgIpc) is 3.15. The van der Waals surface area contributed by atoms with Crippen LogP contribution in [0, 0.1) is 15.9 Å². The van der Waals surface area contributed by atoms with E-state index in [0.717, 1.165) is 38.1 Å². The fourth-order valence-electron chi connectivity index (χ4n) is 3.64. The molecule has 1 aromatic rings. The van der Waals surface area contributed by atoms with Crippen LogP contribution in [0.2, 0.25) is 0 Å². The number of rotatable bonds is 4. The Bertz CT molecular complexity index is 686. The SMILES string of the molecule is O=C(C=Cc1ccc(F)cc1[N+](=O)[O-])N1CCCC(N2CCCC2)C1. The van der Waals surface area contributed by atoms with E-state index >= 15 is 0 Å². The summed E-state index contributed by atoms with van der Waals surface area (Å²) in [5.74, 6) is -0.817. The van der Waals surface area contributed by atoms with Crippen LogP contribution in [0.1, 0.15) is 31.2 Å². The number of amides is 1. The third-order valence-electron chi connectivity index (χ3n) is 4.96. The van der Waals surface area contributed by atoms with Gasteiger partial charge in [-0.3, -0.25) is 19.8 Å². The molecule has 1 amide bonds. The Labute approximate surface area is 146 Å². The van der Waals surface area contributed by atoms with Gasteiger partial charge in [0.05, 0.1) is 16.6 Å². The topological polar surface area (TPSA) is 66.7 Å². The lowest BCUT2D eigenvalue weighted by Crippen LogP contribution is -2.48. The Morgan fingerprint density at radius 2 is 2.00 bits per heavy atom. The Kier molecular flexibility index (Phi) is 5.43. The second-order valence-electron chi connectivity index (χ2n) is 6.62. The molecule has 1 atom stereocenters. The second-order valence-corrected chi connectivity index (χ2v) is 6.62. The summed E-state index contributed by atoms with van der Waals surface area (Å²) in [6.07, 6.45) is 7.28. The first-order chi connectivity index (χ1) is 12.0. The van der Waals surface area contributed by atoms with Crippen LogP contribution in [-0.2, 0) is 4.79 Å². The number of benzene rings is 1. The number of nitro benzene ring substituents is 1. The van der Waals surface area contributed by atoms with Gasteiger partial charge in [-0.25, -0.2) is 4.39 Å². The number of nitro groups is 1. The van der Waals surface area contributed by atoms with Gasteiger partial charge < -0.3 is 4.90 Å². The van der Waals surface area contributed by atoms with E-state index in [9.17, 15) is 19.3 Å². The van der Waals surface area contributed by atoms with Crippen molar-refractivity contribution in [3.05, 3.63) is 45.8 Å². The van der Waals surface area contributed by atoms with E-state index in [-0.39, 0.29) is 17.2 Å². The van der Waals surface area contributed by atoms with E-state index in [4.69, 9.17) is 0 Å². The minimum Gasteiger partial charge on any atom is -0.338 e. The van der Waals surface area contributed by atoms with E-state index in [1.54, 1.807) is 4.90 Å². The molecule has 2 fully saturated rings. The van der Waals surface area contributed by atoms with Gasteiger partial charge in [-0.1, -0.05) is 0 Å². The van der Waals surface area contributed by atoms with Crippen molar-refractivity contribution in [1.82, 2.24) is 9.80 Å². The van der Waals surface area contributed by atoms with E-state index < -0.39 is 10.7 Å². The molecule has 3 rings (SSSR count). The van der Waals surface area contributed by atoms with Crippen LogP contribution in [0.15, 0.2) is 24.3 Å². The van der Waals surface area contributed by atoms with Crippen LogP contribution < -0.4 is 0 Å². The van der Waals surface area contributed by atoms with Crippen molar-refractivity contribution < 1.29 is 14.1 Å². The second kappa shape index (κ2) is 7.74. The quantitative estimate of drug-likeness (QED) is 0.477. The molecule has 2 aliphatic heterocycles. The molecule has 7 heteroatoms. The molecule has 2 saturated heterocycles. The Morgan fingerprint density at radius 3 is 2.72 bits per heavy atom. The Balaban J connectivity index is 1.67. The summed E-state index contributed by atoms with van der Waals surface area (Å²) in [6.45, 7) is 3.61. The highest BCUT2D eigenvalue weighted by Gasteiger charge is 2.28. The van der Waals surface area contributed by atoms with E-state index in [0.29, 0.717) is 19.1 Å². The Hall–Kier alpha value is -2.28. The minimum atomic E-state index is -0.667. The lowest BCUT2D eigenvalue weighted by Gasteiger charge is -2.37. The lowest BCUT2D eigenvalue weighted by atomic mass is 10.0. The fourth-order valence-corrected chi connectivity index (χ4v) is 3.64. The standard InChI is InChI=1S/C18H22FN3O3/c19-15-7-5-14(17(12-15)22(24)25)6-8-18(23)21-11-3-4-16(13-21)20-9-1-2-10-20/h5-8,12,16H,1-4,9-11,13H2. The third-order valence-corrected chi connectivity index (χ3v) is 4.96. The van der Waals surface area contributed by atoms with Crippen molar-refractivity contribution in [3.63, 3.8) is 0 Å². The Morgan fingerprint density at radius 1 is 1.24 bits per heavy atom. The van der Waals surface area contributed by atoms with Crippen molar-refractivity contribution in [3.8, 4) is 0 Å². The zero-order valence-corrected chi connectivity index (χ0v) is 14.1. The zero-order chi connectivity index (χ0) is 17.8. The van der Waals surface area contributed by atoms with Gasteiger partial charge >= 0.3 is 0 Å². The van der Waals surface area contributed by atoms with Crippen molar-refractivity contribution in [1.29, 1.82) is 0 Å². The van der Waals surface area contributed by atoms with Crippen molar-refractivity contribution >= 4 is 17.7 Å². The number of hydrogen-bond acceptors (Lipinski definition) is 4. The number of hydrogen-bond donors (Lipinski definition) is 0. The summed E-state index contributed by atoms with van der Waals surface area (Å²) in [4.78, 5) is 27.1. The molecule has 0 aliphatic carbocycles. The highest BCUT2D eigenvalue weighted by molar-refractivity contribution is 5.92. The lowest BCUT2D eigenvalue weighted by molar-refractivity contribution is -0.385. The maximum atomic E-state index is 13.2. The summed E-state index contributed by atoms with van der Waals surface area (Å²) in [7, 11) is 0. The van der Waals surface area contributed by atoms with Gasteiger partial charge in [-0.05, 0) is 57.0 Å². The molecule has 6 nitrogen and oxygen atoms in total. The molecule has 0 aromatic heterocycles. The van der Waals surface area contributed by atoms with E-state index in [1.165, 1.54) is 31.1 Å². The van der Waals surface area contributed by atoms with Crippen LogP contribution in [0.25, 0.3) is 6.08 Å². The van der Waals surface area contributed by atoms with Crippen LogP contribution in [0.5, 0.6) is 0 Å². The predicted octanol–water partition coefficient (Wildman–Crippen LogP) is 2.83. The largest absolute Gasteiger partial charge is 0.338 e. The molecular weight excluding hydrogens is 325 g/mol. The van der Waals surface area contributed by atoms with Gasteiger partial charge in [0.25, 0.3) is 5.69 Å². The number of halogens is 1. The summed E-state index contributed by atoms with van der Waals surface area (Å²) in [5, 5.41) is 11.0. The molecule has 2 aliphatic rings. The molecule has 25 heavy (non-hydrogen) atoms. The highest BCUT2D eigenvalue weighted by atomic mass is 19.1. The van der Waals surface area contributed by atoms with Gasteiger partial charge in [0.2, 0.25) is 5.91 Å². The monoisotopic (exact) mass is 347 g/mol. The zero-order valence-electron chi connectivity index (χ0n) is 14.1. The van der Waals surface area contributed by atoms with E-state index in [1.807, 2.05) is 0 Å². The third kappa shape index (κ3) is 4.22. The van der Waals surface area contributed by atoms with Crippen LogP contribution >= 0.6 is 0 Å². The maximum Gasteiger partial charge on any atom is 0.279 e.